The SMILES string of the molecule is CC[C@H](C)NC(=S)Nc1ccc(C)c(C)c1. The van der Waals surface area contributed by atoms with Gasteiger partial charge in [0.1, 0.15) is 0 Å². The number of hydrogen-bond acceptors (Lipinski definition) is 1. The van der Waals surface area contributed by atoms with Gasteiger partial charge < -0.3 is 10.6 Å². The summed E-state index contributed by atoms with van der Waals surface area (Å²) < 4.78 is 0. The molecule has 0 heterocycles. The van der Waals surface area contributed by atoms with Crippen LogP contribution in [0, 0.1) is 13.8 Å². The predicted octanol–water partition coefficient (Wildman–Crippen LogP) is 3.39. The van der Waals surface area contributed by atoms with Crippen LogP contribution in [0.15, 0.2) is 18.2 Å². The highest BCUT2D eigenvalue weighted by Crippen LogP contribution is 2.13. The van der Waals surface area contributed by atoms with Crippen LogP contribution in [0.3, 0.4) is 0 Å². The lowest BCUT2D eigenvalue weighted by Crippen LogP contribution is -2.35. The molecule has 0 bridgehead atoms. The Morgan fingerprint density at radius 1 is 1.31 bits per heavy atom. The first-order valence-electron chi connectivity index (χ1n) is 5.67. The van der Waals surface area contributed by atoms with Gasteiger partial charge >= 0.3 is 0 Å². The van der Waals surface area contributed by atoms with E-state index in [1.807, 2.05) is 6.07 Å². The Morgan fingerprint density at radius 3 is 2.56 bits per heavy atom. The Hall–Kier alpha value is -1.09. The number of anilines is 1. The molecule has 1 atom stereocenters. The number of thiocarbonyl (C=S) groups is 1. The maximum absolute atomic E-state index is 5.23. The van der Waals surface area contributed by atoms with Crippen LogP contribution in [0.5, 0.6) is 0 Å². The van der Waals surface area contributed by atoms with Crippen molar-refractivity contribution in [3.8, 4) is 0 Å². The van der Waals surface area contributed by atoms with Crippen molar-refractivity contribution < 1.29 is 0 Å². The lowest BCUT2D eigenvalue weighted by Gasteiger charge is -2.15. The minimum atomic E-state index is 0.409. The van der Waals surface area contributed by atoms with Gasteiger partial charge in [-0.1, -0.05) is 13.0 Å². The molecule has 0 aliphatic carbocycles. The molecule has 0 radical (unpaired) electrons. The molecular formula is C13H20N2S. The maximum Gasteiger partial charge on any atom is 0.170 e. The molecule has 0 aromatic heterocycles. The summed E-state index contributed by atoms with van der Waals surface area (Å²) in [5.74, 6) is 0. The summed E-state index contributed by atoms with van der Waals surface area (Å²) in [6.07, 6.45) is 1.06. The first-order valence-corrected chi connectivity index (χ1v) is 6.08. The summed E-state index contributed by atoms with van der Waals surface area (Å²) in [4.78, 5) is 0. The highest BCUT2D eigenvalue weighted by molar-refractivity contribution is 7.80. The number of aryl methyl sites for hydroxylation is 2. The molecule has 88 valence electrons. The van der Waals surface area contributed by atoms with Crippen molar-refractivity contribution in [1.29, 1.82) is 0 Å². The van der Waals surface area contributed by atoms with E-state index in [1.54, 1.807) is 0 Å². The van der Waals surface area contributed by atoms with E-state index in [9.17, 15) is 0 Å². The monoisotopic (exact) mass is 236 g/mol. The largest absolute Gasteiger partial charge is 0.360 e. The van der Waals surface area contributed by atoms with Crippen LogP contribution in [0.25, 0.3) is 0 Å². The molecule has 0 aliphatic heterocycles. The molecule has 1 rings (SSSR count). The van der Waals surface area contributed by atoms with Gasteiger partial charge in [0, 0.05) is 11.7 Å². The van der Waals surface area contributed by atoms with Gasteiger partial charge in [-0.2, -0.15) is 0 Å². The molecule has 0 saturated heterocycles. The van der Waals surface area contributed by atoms with Gasteiger partial charge in [0.15, 0.2) is 5.11 Å². The molecule has 0 amide bonds. The van der Waals surface area contributed by atoms with E-state index in [0.717, 1.165) is 12.1 Å². The van der Waals surface area contributed by atoms with E-state index in [1.165, 1.54) is 11.1 Å². The molecule has 2 N–H and O–H groups in total. The van der Waals surface area contributed by atoms with Gasteiger partial charge in [-0.25, -0.2) is 0 Å². The van der Waals surface area contributed by atoms with E-state index in [-0.39, 0.29) is 0 Å². The molecule has 16 heavy (non-hydrogen) atoms. The highest BCUT2D eigenvalue weighted by atomic mass is 32.1. The quantitative estimate of drug-likeness (QED) is 0.787. The molecule has 0 fully saturated rings. The Labute approximate surface area is 103 Å². The molecule has 1 aromatic rings. The summed E-state index contributed by atoms with van der Waals surface area (Å²) in [5.41, 5.74) is 3.62. The predicted molar refractivity (Wildman–Crippen MR) is 75.0 cm³/mol. The third kappa shape index (κ3) is 3.81. The fourth-order valence-electron chi connectivity index (χ4n) is 1.31. The van der Waals surface area contributed by atoms with Gasteiger partial charge in [0.25, 0.3) is 0 Å². The second kappa shape index (κ2) is 5.85. The highest BCUT2D eigenvalue weighted by Gasteiger charge is 2.02. The topological polar surface area (TPSA) is 24.1 Å². The van der Waals surface area contributed by atoms with Crippen molar-refractivity contribution in [1.82, 2.24) is 5.32 Å². The molecule has 0 saturated carbocycles. The minimum absolute atomic E-state index is 0.409. The summed E-state index contributed by atoms with van der Waals surface area (Å²) in [7, 11) is 0. The molecule has 1 aromatic carbocycles. The normalized spacial score (nSPS) is 12.0. The molecule has 2 nitrogen and oxygen atoms in total. The van der Waals surface area contributed by atoms with Crippen molar-refractivity contribution in [3.05, 3.63) is 29.3 Å². The summed E-state index contributed by atoms with van der Waals surface area (Å²) in [6.45, 7) is 8.46. The van der Waals surface area contributed by atoms with Gasteiger partial charge in [0.2, 0.25) is 0 Å². The van der Waals surface area contributed by atoms with Crippen molar-refractivity contribution in [2.45, 2.75) is 40.2 Å². The standard InChI is InChI=1S/C13H20N2S/c1-5-11(4)14-13(16)15-12-7-6-9(2)10(3)8-12/h6-8,11H,5H2,1-4H3,(H2,14,15,16)/t11-/m0/s1. The molecular weight excluding hydrogens is 216 g/mol. The van der Waals surface area contributed by atoms with Gasteiger partial charge in [-0.3, -0.25) is 0 Å². The number of benzene rings is 1. The third-order valence-electron chi connectivity index (χ3n) is 2.75. The average molecular weight is 236 g/mol. The smallest absolute Gasteiger partial charge is 0.170 e. The van der Waals surface area contributed by atoms with Crippen molar-refractivity contribution in [2.75, 3.05) is 5.32 Å². The molecule has 3 heteroatoms. The Balaban J connectivity index is 2.59. The Kier molecular flexibility index (Phi) is 4.74. The summed E-state index contributed by atoms with van der Waals surface area (Å²) in [6, 6.07) is 6.67. The Bertz CT molecular complexity index is 374. The molecule has 0 aliphatic rings. The molecule has 0 spiro atoms. The zero-order chi connectivity index (χ0) is 12.1. The van der Waals surface area contributed by atoms with Crippen LogP contribution in [0.2, 0.25) is 0 Å². The van der Waals surface area contributed by atoms with E-state index >= 15 is 0 Å². The molecule has 0 unspecified atom stereocenters. The first-order chi connectivity index (χ1) is 7.52. The lowest BCUT2D eigenvalue weighted by atomic mass is 10.1. The number of nitrogens with one attached hydrogen (secondary N) is 2. The van der Waals surface area contributed by atoms with Crippen molar-refractivity contribution in [3.63, 3.8) is 0 Å². The van der Waals surface area contributed by atoms with Gasteiger partial charge in [0.05, 0.1) is 0 Å². The number of rotatable bonds is 3. The minimum Gasteiger partial charge on any atom is -0.360 e. The first kappa shape index (κ1) is 13.0. The van der Waals surface area contributed by atoms with Crippen molar-refractivity contribution >= 4 is 23.0 Å². The number of hydrogen-bond donors (Lipinski definition) is 2. The third-order valence-corrected chi connectivity index (χ3v) is 2.97. The lowest BCUT2D eigenvalue weighted by molar-refractivity contribution is 0.646. The van der Waals surface area contributed by atoms with Crippen LogP contribution in [0.4, 0.5) is 5.69 Å². The summed E-state index contributed by atoms with van der Waals surface area (Å²) >= 11 is 5.23. The van der Waals surface area contributed by atoms with Crippen LogP contribution in [-0.2, 0) is 0 Å². The maximum atomic E-state index is 5.23. The fraction of sp³-hybridized carbons (Fsp3) is 0.462. The van der Waals surface area contributed by atoms with E-state index in [2.05, 4.69) is 50.5 Å². The van der Waals surface area contributed by atoms with Crippen LogP contribution in [-0.4, -0.2) is 11.2 Å². The van der Waals surface area contributed by atoms with Crippen LogP contribution in [0.1, 0.15) is 31.4 Å². The van der Waals surface area contributed by atoms with E-state index in [4.69, 9.17) is 12.2 Å². The second-order valence-corrected chi connectivity index (χ2v) is 4.62. The second-order valence-electron chi connectivity index (χ2n) is 4.21. The Morgan fingerprint density at radius 2 is 2.00 bits per heavy atom. The van der Waals surface area contributed by atoms with Crippen LogP contribution < -0.4 is 10.6 Å². The average Bonchev–Trinajstić information content (AvgIpc) is 2.23. The van der Waals surface area contributed by atoms with E-state index in [0.29, 0.717) is 11.2 Å². The zero-order valence-electron chi connectivity index (χ0n) is 10.4. The van der Waals surface area contributed by atoms with Gasteiger partial charge in [-0.05, 0) is 62.7 Å². The van der Waals surface area contributed by atoms with E-state index < -0.39 is 0 Å². The summed E-state index contributed by atoms with van der Waals surface area (Å²) in [5, 5.41) is 7.12. The van der Waals surface area contributed by atoms with Gasteiger partial charge in [-0.15, -0.1) is 0 Å². The fourth-order valence-corrected chi connectivity index (χ4v) is 1.63. The zero-order valence-corrected chi connectivity index (χ0v) is 11.2. The van der Waals surface area contributed by atoms with Crippen LogP contribution >= 0.6 is 12.2 Å². The van der Waals surface area contributed by atoms with Crippen molar-refractivity contribution in [2.24, 2.45) is 0 Å².